The Labute approximate surface area is 119 Å². The van der Waals surface area contributed by atoms with Gasteiger partial charge >= 0.3 is 0 Å². The van der Waals surface area contributed by atoms with Gasteiger partial charge in [-0.1, -0.05) is 0 Å². The molecule has 2 saturated heterocycles. The minimum absolute atomic E-state index is 0.417. The summed E-state index contributed by atoms with van der Waals surface area (Å²) in [6.07, 6.45) is 5.28. The van der Waals surface area contributed by atoms with E-state index >= 15 is 0 Å². The number of rotatable bonds is 2. The molecule has 20 heavy (non-hydrogen) atoms. The molecule has 1 aromatic heterocycles. The average Bonchev–Trinajstić information content (AvgIpc) is 2.47. The van der Waals surface area contributed by atoms with E-state index in [1.165, 1.54) is 32.1 Å². The molecule has 1 aromatic rings. The van der Waals surface area contributed by atoms with Crippen LogP contribution in [0, 0.1) is 5.92 Å². The second-order valence-electron chi connectivity index (χ2n) is 5.80. The molecule has 110 valence electrons. The lowest BCUT2D eigenvalue weighted by Crippen LogP contribution is -2.53. The Bertz CT molecular complexity index is 481. The first-order valence-electron chi connectivity index (χ1n) is 7.30. The highest BCUT2D eigenvalue weighted by Gasteiger charge is 2.35. The lowest BCUT2D eigenvalue weighted by atomic mass is 9.84. The first-order chi connectivity index (χ1) is 9.70. The van der Waals surface area contributed by atoms with Crippen LogP contribution in [0.5, 0.6) is 5.75 Å². The maximum Gasteiger partial charge on any atom is 0.204 e. The van der Waals surface area contributed by atoms with Gasteiger partial charge in [0.25, 0.3) is 0 Å². The van der Waals surface area contributed by atoms with Gasteiger partial charge in [0.15, 0.2) is 11.6 Å². The van der Waals surface area contributed by atoms with Crippen LogP contribution in [0.15, 0.2) is 6.33 Å². The maximum absolute atomic E-state index is 5.88. The molecular formula is C14H23N5O. The van der Waals surface area contributed by atoms with Crippen molar-refractivity contribution in [1.82, 2.24) is 14.9 Å². The molecule has 0 aromatic carbocycles. The molecule has 6 nitrogen and oxygen atoms in total. The highest BCUT2D eigenvalue weighted by Crippen LogP contribution is 2.36. The average molecular weight is 277 g/mol. The van der Waals surface area contributed by atoms with Crippen LogP contribution in [-0.4, -0.2) is 54.7 Å². The summed E-state index contributed by atoms with van der Waals surface area (Å²) in [5.41, 5.74) is 5.88. The molecule has 0 spiro atoms. The minimum Gasteiger partial charge on any atom is -0.490 e. The van der Waals surface area contributed by atoms with Crippen molar-refractivity contribution in [1.29, 1.82) is 0 Å². The van der Waals surface area contributed by atoms with Gasteiger partial charge in [-0.05, 0) is 38.8 Å². The topological polar surface area (TPSA) is 67.5 Å². The third-order valence-corrected chi connectivity index (χ3v) is 4.66. The summed E-state index contributed by atoms with van der Waals surface area (Å²) in [7, 11) is 3.87. The zero-order valence-corrected chi connectivity index (χ0v) is 12.2. The van der Waals surface area contributed by atoms with Crippen molar-refractivity contribution in [3.8, 4) is 5.75 Å². The lowest BCUT2D eigenvalue weighted by molar-refractivity contribution is 0.102. The quantitative estimate of drug-likeness (QED) is 0.869. The Hall–Kier alpha value is -1.56. The Kier molecular flexibility index (Phi) is 3.65. The summed E-state index contributed by atoms with van der Waals surface area (Å²) in [4.78, 5) is 13.2. The number of likely N-dealkylation sites (tertiary alicyclic amines) is 1. The second kappa shape index (κ2) is 5.44. The number of fused-ring (bicyclic) bond motifs is 1. The van der Waals surface area contributed by atoms with E-state index in [2.05, 4.69) is 26.8 Å². The van der Waals surface area contributed by atoms with Crippen LogP contribution in [0.25, 0.3) is 0 Å². The van der Waals surface area contributed by atoms with Gasteiger partial charge in [0.1, 0.15) is 6.33 Å². The number of nitrogens with two attached hydrogens (primary N) is 1. The monoisotopic (exact) mass is 277 g/mol. The summed E-state index contributed by atoms with van der Waals surface area (Å²) in [5.74, 6) is 2.57. The molecular weight excluding hydrogens is 254 g/mol. The number of piperidine rings is 2. The van der Waals surface area contributed by atoms with Crippen LogP contribution in [-0.2, 0) is 0 Å². The summed E-state index contributed by atoms with van der Waals surface area (Å²) in [6, 6.07) is 0.713. The number of nitrogen functional groups attached to an aromatic ring is 1. The SMILES string of the molecule is COc1c(N)ncnc1N1CCC2C(CCCN2C)C1. The predicted molar refractivity (Wildman–Crippen MR) is 79.0 cm³/mol. The normalized spacial score (nSPS) is 27.2. The molecule has 3 rings (SSSR count). The van der Waals surface area contributed by atoms with Crippen molar-refractivity contribution in [3.05, 3.63) is 6.33 Å². The van der Waals surface area contributed by atoms with Gasteiger partial charge in [0.2, 0.25) is 5.75 Å². The molecule has 2 atom stereocenters. The molecule has 2 aliphatic rings. The number of nitrogens with zero attached hydrogens (tertiary/aromatic N) is 4. The van der Waals surface area contributed by atoms with Crippen LogP contribution in [0.2, 0.25) is 0 Å². The van der Waals surface area contributed by atoms with Crippen molar-refractivity contribution in [3.63, 3.8) is 0 Å². The Morgan fingerprint density at radius 2 is 2.15 bits per heavy atom. The van der Waals surface area contributed by atoms with Crippen LogP contribution in [0.3, 0.4) is 0 Å². The Morgan fingerprint density at radius 1 is 1.30 bits per heavy atom. The van der Waals surface area contributed by atoms with Gasteiger partial charge in [0, 0.05) is 19.1 Å². The van der Waals surface area contributed by atoms with Gasteiger partial charge in [0.05, 0.1) is 7.11 Å². The third kappa shape index (κ3) is 2.28. The minimum atomic E-state index is 0.417. The van der Waals surface area contributed by atoms with E-state index in [1.807, 2.05) is 0 Å². The summed E-state index contributed by atoms with van der Waals surface area (Å²) >= 11 is 0. The molecule has 2 unspecified atom stereocenters. The van der Waals surface area contributed by atoms with Crippen molar-refractivity contribution >= 4 is 11.6 Å². The summed E-state index contributed by atoms with van der Waals surface area (Å²) in [6.45, 7) is 3.26. The van der Waals surface area contributed by atoms with Crippen LogP contribution < -0.4 is 15.4 Å². The van der Waals surface area contributed by atoms with Crippen LogP contribution >= 0.6 is 0 Å². The molecule has 0 amide bonds. The van der Waals surface area contributed by atoms with Crippen molar-refractivity contribution in [2.75, 3.05) is 44.4 Å². The van der Waals surface area contributed by atoms with E-state index in [0.29, 0.717) is 23.5 Å². The number of anilines is 2. The zero-order valence-electron chi connectivity index (χ0n) is 12.2. The molecule has 2 fully saturated rings. The van der Waals surface area contributed by atoms with Gasteiger partial charge < -0.3 is 20.3 Å². The zero-order chi connectivity index (χ0) is 14.1. The fourth-order valence-electron chi connectivity index (χ4n) is 3.64. The van der Waals surface area contributed by atoms with E-state index in [0.717, 1.165) is 18.9 Å². The molecule has 3 heterocycles. The number of aromatic nitrogens is 2. The van der Waals surface area contributed by atoms with Gasteiger partial charge in [-0.2, -0.15) is 0 Å². The van der Waals surface area contributed by atoms with Crippen LogP contribution in [0.1, 0.15) is 19.3 Å². The van der Waals surface area contributed by atoms with Crippen LogP contribution in [0.4, 0.5) is 11.6 Å². The largest absolute Gasteiger partial charge is 0.490 e. The number of methoxy groups -OCH3 is 1. The van der Waals surface area contributed by atoms with Gasteiger partial charge in [-0.25, -0.2) is 9.97 Å². The molecule has 2 N–H and O–H groups in total. The molecule has 6 heteroatoms. The van der Waals surface area contributed by atoms with Crippen molar-refractivity contribution in [2.45, 2.75) is 25.3 Å². The van der Waals surface area contributed by atoms with E-state index in [4.69, 9.17) is 10.5 Å². The number of hydrogen-bond donors (Lipinski definition) is 1. The van der Waals surface area contributed by atoms with E-state index < -0.39 is 0 Å². The maximum atomic E-state index is 5.88. The smallest absolute Gasteiger partial charge is 0.204 e. The van der Waals surface area contributed by atoms with E-state index in [1.54, 1.807) is 7.11 Å². The summed E-state index contributed by atoms with van der Waals surface area (Å²) < 4.78 is 5.38. The number of hydrogen-bond acceptors (Lipinski definition) is 6. The molecule has 0 bridgehead atoms. The van der Waals surface area contributed by atoms with Crippen molar-refractivity contribution in [2.24, 2.45) is 5.92 Å². The fraction of sp³-hybridized carbons (Fsp3) is 0.714. The number of ether oxygens (including phenoxy) is 1. The molecule has 0 radical (unpaired) electrons. The van der Waals surface area contributed by atoms with Gasteiger partial charge in [-0.3, -0.25) is 0 Å². The second-order valence-corrected chi connectivity index (χ2v) is 5.80. The molecule has 0 saturated carbocycles. The highest BCUT2D eigenvalue weighted by molar-refractivity contribution is 5.62. The van der Waals surface area contributed by atoms with E-state index in [9.17, 15) is 0 Å². The molecule has 2 aliphatic heterocycles. The third-order valence-electron chi connectivity index (χ3n) is 4.66. The first kappa shape index (κ1) is 13.4. The summed E-state index contributed by atoms with van der Waals surface area (Å²) in [5, 5.41) is 0. The Morgan fingerprint density at radius 3 is 2.95 bits per heavy atom. The fourth-order valence-corrected chi connectivity index (χ4v) is 3.64. The standard InChI is InChI=1S/C14H23N5O/c1-18-6-3-4-10-8-19(7-5-11(10)18)14-12(20-2)13(15)16-9-17-14/h9-11H,3-8H2,1-2H3,(H2,15,16,17). The molecule has 0 aliphatic carbocycles. The van der Waals surface area contributed by atoms with Gasteiger partial charge in [-0.15, -0.1) is 0 Å². The first-order valence-corrected chi connectivity index (χ1v) is 7.30. The predicted octanol–water partition coefficient (Wildman–Crippen LogP) is 0.988. The lowest BCUT2D eigenvalue weighted by Gasteiger charge is -2.46. The highest BCUT2D eigenvalue weighted by atomic mass is 16.5. The Balaban J connectivity index is 1.81. The van der Waals surface area contributed by atoms with E-state index in [-0.39, 0.29) is 0 Å². The van der Waals surface area contributed by atoms with Crippen molar-refractivity contribution < 1.29 is 4.74 Å².